The molecule has 0 bridgehead atoms. The van der Waals surface area contributed by atoms with Crippen molar-refractivity contribution >= 4 is 9.84 Å². The number of ether oxygens (including phenoxy) is 2. The molecule has 1 atom stereocenters. The standard InChI is InChI=1S/C19H24N4O4S/c1-28(24,25)17-20-9-5-14(22-17)16-21-13-15-18(7-4-10-23(15)16)6-2-3-8-19(18)26-11-12-27-19/h5,9,13H,2-4,6-8,10-12H2,1H3. The predicted octanol–water partition coefficient (Wildman–Crippen LogP) is 2.09. The zero-order valence-corrected chi connectivity index (χ0v) is 16.7. The van der Waals surface area contributed by atoms with Crippen LogP contribution >= 0.6 is 0 Å². The molecule has 0 amide bonds. The van der Waals surface area contributed by atoms with Crippen molar-refractivity contribution in [3.63, 3.8) is 0 Å². The van der Waals surface area contributed by atoms with Crippen molar-refractivity contribution in [1.82, 2.24) is 19.5 Å². The minimum atomic E-state index is -3.48. The lowest BCUT2D eigenvalue weighted by Crippen LogP contribution is -2.57. The number of fused-ring (bicyclic) bond motifs is 3. The summed E-state index contributed by atoms with van der Waals surface area (Å²) in [5.41, 5.74) is 1.43. The molecule has 2 aromatic rings. The van der Waals surface area contributed by atoms with Crippen molar-refractivity contribution in [3.05, 3.63) is 24.2 Å². The quantitative estimate of drug-likeness (QED) is 0.707. The number of hydrogen-bond acceptors (Lipinski definition) is 7. The van der Waals surface area contributed by atoms with Crippen LogP contribution in [0.4, 0.5) is 0 Å². The molecule has 9 heteroatoms. The van der Waals surface area contributed by atoms with Crippen molar-refractivity contribution in [2.24, 2.45) is 0 Å². The highest BCUT2D eigenvalue weighted by Gasteiger charge is 2.59. The van der Waals surface area contributed by atoms with E-state index in [1.807, 2.05) is 6.20 Å². The van der Waals surface area contributed by atoms with Crippen molar-refractivity contribution < 1.29 is 17.9 Å². The highest BCUT2D eigenvalue weighted by Crippen LogP contribution is 2.55. The second-order valence-corrected chi connectivity index (χ2v) is 9.87. The molecule has 0 aromatic carbocycles. The number of sulfone groups is 1. The van der Waals surface area contributed by atoms with E-state index in [9.17, 15) is 8.42 Å². The van der Waals surface area contributed by atoms with Crippen LogP contribution in [0, 0.1) is 0 Å². The Morgan fingerprint density at radius 2 is 1.82 bits per heavy atom. The summed E-state index contributed by atoms with van der Waals surface area (Å²) >= 11 is 0. The summed E-state index contributed by atoms with van der Waals surface area (Å²) in [6.45, 7) is 2.08. The van der Waals surface area contributed by atoms with Crippen LogP contribution in [0.2, 0.25) is 0 Å². The van der Waals surface area contributed by atoms with E-state index in [0.717, 1.165) is 57.0 Å². The minimum absolute atomic E-state index is 0.176. The van der Waals surface area contributed by atoms with Crippen LogP contribution in [0.25, 0.3) is 11.5 Å². The lowest BCUT2D eigenvalue weighted by molar-refractivity contribution is -0.232. The molecule has 8 nitrogen and oxygen atoms in total. The average Bonchev–Trinajstić information content (AvgIpc) is 3.33. The lowest BCUT2D eigenvalue weighted by atomic mass is 9.63. The molecule has 0 N–H and O–H groups in total. The predicted molar refractivity (Wildman–Crippen MR) is 100 cm³/mol. The van der Waals surface area contributed by atoms with E-state index >= 15 is 0 Å². The Labute approximate surface area is 164 Å². The molecule has 1 saturated carbocycles. The molecule has 1 saturated heterocycles. The first-order valence-corrected chi connectivity index (χ1v) is 11.7. The molecule has 28 heavy (non-hydrogen) atoms. The third-order valence-corrected chi connectivity index (χ3v) is 7.23. The Kier molecular flexibility index (Phi) is 4.12. The Balaban J connectivity index is 1.63. The second-order valence-electron chi connectivity index (χ2n) is 7.96. The highest BCUT2D eigenvalue weighted by atomic mass is 32.2. The van der Waals surface area contributed by atoms with Gasteiger partial charge in [0.15, 0.2) is 11.6 Å². The minimum Gasteiger partial charge on any atom is -0.347 e. The number of imidazole rings is 1. The molecule has 0 radical (unpaired) electrons. The molecule has 2 spiro atoms. The molecular formula is C19H24N4O4S. The first kappa shape index (κ1) is 18.2. The van der Waals surface area contributed by atoms with Crippen LogP contribution in [-0.4, -0.2) is 53.2 Å². The maximum absolute atomic E-state index is 11.9. The topological polar surface area (TPSA) is 96.2 Å². The zero-order valence-electron chi connectivity index (χ0n) is 15.9. The Hall–Kier alpha value is -1.84. The molecule has 2 fully saturated rings. The molecule has 3 aliphatic rings. The van der Waals surface area contributed by atoms with Gasteiger partial charge in [-0.15, -0.1) is 0 Å². The third kappa shape index (κ3) is 2.56. The summed E-state index contributed by atoms with van der Waals surface area (Å²) in [7, 11) is -3.48. The average molecular weight is 404 g/mol. The van der Waals surface area contributed by atoms with E-state index in [2.05, 4.69) is 19.5 Å². The number of rotatable bonds is 2. The number of nitrogens with zero attached hydrogens (tertiary/aromatic N) is 4. The van der Waals surface area contributed by atoms with Gasteiger partial charge < -0.3 is 14.0 Å². The SMILES string of the molecule is CS(=O)(=O)c1nccc(-c2ncc3n2CCCC32CCCCC23OCCO3)n1. The summed E-state index contributed by atoms with van der Waals surface area (Å²) in [5, 5.41) is -0.176. The van der Waals surface area contributed by atoms with E-state index in [-0.39, 0.29) is 10.6 Å². The van der Waals surface area contributed by atoms with Crippen molar-refractivity contribution in [3.8, 4) is 11.5 Å². The molecule has 1 unspecified atom stereocenters. The van der Waals surface area contributed by atoms with Gasteiger partial charge >= 0.3 is 0 Å². The first-order valence-electron chi connectivity index (χ1n) is 9.83. The number of hydrogen-bond donors (Lipinski definition) is 0. The maximum atomic E-state index is 11.9. The van der Waals surface area contributed by atoms with Crippen LogP contribution in [0.3, 0.4) is 0 Å². The van der Waals surface area contributed by atoms with E-state index in [4.69, 9.17) is 9.47 Å². The van der Waals surface area contributed by atoms with E-state index < -0.39 is 15.6 Å². The first-order chi connectivity index (χ1) is 13.5. The van der Waals surface area contributed by atoms with Gasteiger partial charge in [0.1, 0.15) is 5.69 Å². The fourth-order valence-electron chi connectivity index (χ4n) is 5.23. The largest absolute Gasteiger partial charge is 0.347 e. The smallest absolute Gasteiger partial charge is 0.247 e. The van der Waals surface area contributed by atoms with Gasteiger partial charge in [-0.25, -0.2) is 23.4 Å². The van der Waals surface area contributed by atoms with Crippen LogP contribution < -0.4 is 0 Å². The normalized spacial score (nSPS) is 26.6. The van der Waals surface area contributed by atoms with Crippen LogP contribution in [0.5, 0.6) is 0 Å². The molecule has 5 rings (SSSR count). The van der Waals surface area contributed by atoms with Crippen molar-refractivity contribution in [1.29, 1.82) is 0 Å². The molecule has 150 valence electrons. The monoisotopic (exact) mass is 404 g/mol. The van der Waals surface area contributed by atoms with E-state index in [1.165, 1.54) is 6.20 Å². The van der Waals surface area contributed by atoms with Gasteiger partial charge in [0.25, 0.3) is 0 Å². The summed E-state index contributed by atoms with van der Waals surface area (Å²) in [6, 6.07) is 1.71. The van der Waals surface area contributed by atoms with E-state index in [0.29, 0.717) is 24.7 Å². The van der Waals surface area contributed by atoms with Gasteiger partial charge in [-0.3, -0.25) is 0 Å². The fraction of sp³-hybridized carbons (Fsp3) is 0.632. The molecule has 2 aromatic heterocycles. The second kappa shape index (κ2) is 6.33. The zero-order chi connectivity index (χ0) is 19.4. The van der Waals surface area contributed by atoms with Gasteiger partial charge in [0.05, 0.1) is 18.6 Å². The summed E-state index contributed by atoms with van der Waals surface area (Å²) < 4.78 is 38.4. The van der Waals surface area contributed by atoms with E-state index in [1.54, 1.807) is 6.07 Å². The summed E-state index contributed by atoms with van der Waals surface area (Å²) in [4.78, 5) is 12.8. The highest BCUT2D eigenvalue weighted by molar-refractivity contribution is 7.90. The fourth-order valence-corrected chi connectivity index (χ4v) is 5.74. The summed E-state index contributed by atoms with van der Waals surface area (Å²) in [5.74, 6) is 0.115. The van der Waals surface area contributed by atoms with Gasteiger partial charge in [-0.2, -0.15) is 0 Å². The Morgan fingerprint density at radius 1 is 1.07 bits per heavy atom. The lowest BCUT2D eigenvalue weighted by Gasteiger charge is -2.52. The maximum Gasteiger partial charge on any atom is 0.247 e. The Bertz CT molecular complexity index is 1010. The molecular weight excluding hydrogens is 380 g/mol. The van der Waals surface area contributed by atoms with Crippen LogP contribution in [0.15, 0.2) is 23.6 Å². The van der Waals surface area contributed by atoms with Gasteiger partial charge in [-0.1, -0.05) is 6.42 Å². The van der Waals surface area contributed by atoms with Gasteiger partial charge in [0.2, 0.25) is 15.0 Å². The van der Waals surface area contributed by atoms with Gasteiger partial charge in [-0.05, 0) is 31.7 Å². The molecule has 2 aliphatic heterocycles. The molecule has 1 aliphatic carbocycles. The van der Waals surface area contributed by atoms with Crippen molar-refractivity contribution in [2.45, 2.75) is 61.4 Å². The third-order valence-electron chi connectivity index (χ3n) is 6.37. The Morgan fingerprint density at radius 3 is 2.61 bits per heavy atom. The number of aromatic nitrogens is 4. The van der Waals surface area contributed by atoms with Crippen molar-refractivity contribution in [2.75, 3.05) is 19.5 Å². The van der Waals surface area contributed by atoms with Crippen LogP contribution in [0.1, 0.15) is 44.2 Å². The van der Waals surface area contributed by atoms with Crippen LogP contribution in [-0.2, 0) is 31.3 Å². The summed E-state index contributed by atoms with van der Waals surface area (Å²) in [6.07, 6.45) is 10.7. The molecule has 4 heterocycles. The van der Waals surface area contributed by atoms with Gasteiger partial charge in [0, 0.05) is 37.3 Å².